The molecule has 1 unspecified atom stereocenters. The number of ether oxygens (including phenoxy) is 1. The summed E-state index contributed by atoms with van der Waals surface area (Å²) < 4.78 is 7.25. The second kappa shape index (κ2) is 12.1. The number of carboxylic acid groups (broad SMARTS) is 1. The van der Waals surface area contributed by atoms with Gasteiger partial charge in [0.25, 0.3) is 0 Å². The van der Waals surface area contributed by atoms with Gasteiger partial charge in [0.1, 0.15) is 18.2 Å². The molecule has 0 radical (unpaired) electrons. The molecule has 0 fully saturated rings. The molecule has 0 aliphatic heterocycles. The Balaban J connectivity index is 1.47. The maximum absolute atomic E-state index is 12.4. The van der Waals surface area contributed by atoms with E-state index >= 15 is 0 Å². The fraction of sp³-hybridized carbons (Fsp3) is 0.121. The number of alkyl carbamates (subject to hydrolysis) is 1. The lowest BCUT2D eigenvalue weighted by atomic mass is 9.77. The van der Waals surface area contributed by atoms with Crippen LogP contribution in [0.2, 0.25) is 0 Å². The molecule has 0 spiro atoms. The second-order valence-corrected chi connectivity index (χ2v) is 9.38. The van der Waals surface area contributed by atoms with Gasteiger partial charge >= 0.3 is 12.1 Å². The van der Waals surface area contributed by atoms with Gasteiger partial charge in [0.2, 0.25) is 0 Å². The molecule has 0 saturated carbocycles. The molecule has 2 N–H and O–H groups in total. The van der Waals surface area contributed by atoms with Gasteiger partial charge in [-0.25, -0.2) is 14.6 Å². The van der Waals surface area contributed by atoms with Crippen LogP contribution in [0, 0.1) is 0 Å². The van der Waals surface area contributed by atoms with Crippen LogP contribution in [0.5, 0.6) is 0 Å². The second-order valence-electron chi connectivity index (χ2n) is 9.38. The fourth-order valence-corrected chi connectivity index (χ4v) is 4.95. The molecule has 7 nitrogen and oxygen atoms in total. The zero-order valence-corrected chi connectivity index (χ0v) is 21.8. The SMILES string of the molecule is O=C(NC(Cc1cn(C(c2ccccc2)(c2ccccc2)c2ccccc2)cn1)C(=O)O)OCc1ccccc1. The predicted molar refractivity (Wildman–Crippen MR) is 152 cm³/mol. The lowest BCUT2D eigenvalue weighted by molar-refractivity contribution is -0.139. The van der Waals surface area contributed by atoms with Crippen LogP contribution in [0.25, 0.3) is 0 Å². The van der Waals surface area contributed by atoms with E-state index in [1.165, 1.54) is 0 Å². The number of carbonyl (C=O) groups is 2. The Morgan fingerprint density at radius 2 is 1.25 bits per heavy atom. The Kier molecular flexibility index (Phi) is 8.02. The van der Waals surface area contributed by atoms with Gasteiger partial charge in [-0.2, -0.15) is 0 Å². The summed E-state index contributed by atoms with van der Waals surface area (Å²) in [6.45, 7) is 0.0430. The molecule has 1 aromatic heterocycles. The number of aromatic nitrogens is 2. The summed E-state index contributed by atoms with van der Waals surface area (Å²) in [5.74, 6) is -1.17. The first-order valence-corrected chi connectivity index (χ1v) is 13.0. The average Bonchev–Trinajstić information content (AvgIpc) is 3.47. The monoisotopic (exact) mass is 531 g/mol. The smallest absolute Gasteiger partial charge is 0.408 e. The summed E-state index contributed by atoms with van der Waals surface area (Å²) in [6, 6.07) is 38.3. The first-order valence-electron chi connectivity index (χ1n) is 13.0. The summed E-state index contributed by atoms with van der Waals surface area (Å²) in [7, 11) is 0. The molecule has 5 rings (SSSR count). The van der Waals surface area contributed by atoms with Crippen LogP contribution in [0.15, 0.2) is 134 Å². The first kappa shape index (κ1) is 26.4. The molecule has 40 heavy (non-hydrogen) atoms. The maximum atomic E-state index is 12.4. The number of amides is 1. The van der Waals surface area contributed by atoms with Crippen molar-refractivity contribution in [2.24, 2.45) is 0 Å². The molecular weight excluding hydrogens is 502 g/mol. The third kappa shape index (κ3) is 5.63. The molecule has 1 atom stereocenters. The van der Waals surface area contributed by atoms with Crippen LogP contribution in [0.3, 0.4) is 0 Å². The summed E-state index contributed by atoms with van der Waals surface area (Å²) in [4.78, 5) is 29.1. The number of carboxylic acids is 1. The molecule has 7 heteroatoms. The van der Waals surface area contributed by atoms with E-state index in [9.17, 15) is 14.7 Å². The maximum Gasteiger partial charge on any atom is 0.408 e. The Bertz CT molecular complexity index is 1440. The number of hydrogen-bond donors (Lipinski definition) is 2. The minimum Gasteiger partial charge on any atom is -0.480 e. The van der Waals surface area contributed by atoms with E-state index in [0.29, 0.717) is 5.69 Å². The fourth-order valence-electron chi connectivity index (χ4n) is 4.95. The summed E-state index contributed by atoms with van der Waals surface area (Å²) in [6.07, 6.45) is 2.74. The summed E-state index contributed by atoms with van der Waals surface area (Å²) >= 11 is 0. The predicted octanol–water partition coefficient (Wildman–Crippen LogP) is 5.65. The Morgan fingerprint density at radius 1 is 0.775 bits per heavy atom. The highest BCUT2D eigenvalue weighted by Gasteiger charge is 2.38. The number of benzene rings is 4. The number of aliphatic carboxylic acids is 1. The van der Waals surface area contributed by atoms with Crippen LogP contribution in [0.4, 0.5) is 4.79 Å². The number of nitrogens with zero attached hydrogens (tertiary/aromatic N) is 2. The first-order chi connectivity index (χ1) is 19.6. The minimum absolute atomic E-state index is 0.0166. The van der Waals surface area contributed by atoms with E-state index in [2.05, 4.69) is 46.7 Å². The van der Waals surface area contributed by atoms with Crippen molar-refractivity contribution >= 4 is 12.1 Å². The summed E-state index contributed by atoms with van der Waals surface area (Å²) in [5.41, 5.74) is 3.62. The average molecular weight is 532 g/mol. The number of nitrogens with one attached hydrogen (secondary N) is 1. The molecular formula is C33H29N3O4. The lowest BCUT2D eigenvalue weighted by Gasteiger charge is -2.37. The standard InChI is InChI=1S/C33H29N3O4/c37-31(38)30(35-32(39)40-23-25-13-5-1-6-14-25)21-29-22-36(24-34-29)33(26-15-7-2-8-16-26,27-17-9-3-10-18-27)28-19-11-4-12-20-28/h1-20,22,24,30H,21,23H2,(H,35,39)(H,37,38). The van der Waals surface area contributed by atoms with Crippen LogP contribution in [0.1, 0.15) is 27.9 Å². The number of hydrogen-bond acceptors (Lipinski definition) is 4. The quantitative estimate of drug-likeness (QED) is 0.227. The highest BCUT2D eigenvalue weighted by molar-refractivity contribution is 5.80. The third-order valence-electron chi connectivity index (χ3n) is 6.81. The van der Waals surface area contributed by atoms with Crippen molar-refractivity contribution in [1.82, 2.24) is 14.9 Å². The van der Waals surface area contributed by atoms with Crippen molar-refractivity contribution < 1.29 is 19.4 Å². The van der Waals surface area contributed by atoms with Gasteiger partial charge in [-0.1, -0.05) is 121 Å². The third-order valence-corrected chi connectivity index (χ3v) is 6.81. The highest BCUT2D eigenvalue weighted by Crippen LogP contribution is 2.40. The van der Waals surface area contributed by atoms with E-state index in [4.69, 9.17) is 4.74 Å². The normalized spacial score (nSPS) is 11.9. The van der Waals surface area contributed by atoms with Crippen molar-refractivity contribution in [1.29, 1.82) is 0 Å². The van der Waals surface area contributed by atoms with Gasteiger partial charge in [-0.3, -0.25) is 0 Å². The van der Waals surface area contributed by atoms with E-state index in [0.717, 1.165) is 22.3 Å². The minimum atomic E-state index is -1.22. The molecule has 0 aliphatic carbocycles. The van der Waals surface area contributed by atoms with Crippen molar-refractivity contribution in [3.8, 4) is 0 Å². The zero-order chi connectivity index (χ0) is 27.8. The van der Waals surface area contributed by atoms with Crippen molar-refractivity contribution in [3.05, 3.63) is 162 Å². The van der Waals surface area contributed by atoms with Crippen molar-refractivity contribution in [2.75, 3.05) is 0 Å². The zero-order valence-electron chi connectivity index (χ0n) is 21.8. The lowest BCUT2D eigenvalue weighted by Crippen LogP contribution is -2.42. The molecule has 1 amide bonds. The van der Waals surface area contributed by atoms with E-state index in [1.54, 1.807) is 6.33 Å². The van der Waals surface area contributed by atoms with Gasteiger partial charge in [-0.15, -0.1) is 0 Å². The summed E-state index contributed by atoms with van der Waals surface area (Å²) in [5, 5.41) is 12.3. The molecule has 0 aliphatic rings. The topological polar surface area (TPSA) is 93.5 Å². The molecule has 0 saturated heterocycles. The Labute approximate surface area is 232 Å². The van der Waals surface area contributed by atoms with Crippen molar-refractivity contribution in [3.63, 3.8) is 0 Å². The molecule has 200 valence electrons. The van der Waals surface area contributed by atoms with Gasteiger partial charge in [0.15, 0.2) is 0 Å². The number of carbonyl (C=O) groups excluding carboxylic acids is 1. The van der Waals surface area contributed by atoms with Crippen LogP contribution in [-0.4, -0.2) is 32.8 Å². The number of imidazole rings is 1. The van der Waals surface area contributed by atoms with Gasteiger partial charge in [0.05, 0.1) is 12.0 Å². The van der Waals surface area contributed by atoms with Gasteiger partial charge in [-0.05, 0) is 22.3 Å². The van der Waals surface area contributed by atoms with Crippen LogP contribution >= 0.6 is 0 Å². The van der Waals surface area contributed by atoms with Gasteiger partial charge in [0, 0.05) is 12.6 Å². The van der Waals surface area contributed by atoms with Crippen LogP contribution in [-0.2, 0) is 28.1 Å². The van der Waals surface area contributed by atoms with Crippen molar-refractivity contribution in [2.45, 2.75) is 24.6 Å². The van der Waals surface area contributed by atoms with E-state index < -0.39 is 23.6 Å². The molecule has 4 aromatic carbocycles. The molecule has 1 heterocycles. The van der Waals surface area contributed by atoms with Crippen LogP contribution < -0.4 is 5.32 Å². The Hall–Kier alpha value is -5.17. The largest absolute Gasteiger partial charge is 0.480 e. The molecule has 0 bridgehead atoms. The van der Waals surface area contributed by atoms with Gasteiger partial charge < -0.3 is 19.7 Å². The Morgan fingerprint density at radius 3 is 1.73 bits per heavy atom. The number of rotatable bonds is 10. The van der Waals surface area contributed by atoms with E-state index in [1.807, 2.05) is 95.7 Å². The van der Waals surface area contributed by atoms with E-state index in [-0.39, 0.29) is 13.0 Å². The molecule has 5 aromatic rings. The highest BCUT2D eigenvalue weighted by atomic mass is 16.5.